The van der Waals surface area contributed by atoms with Gasteiger partial charge in [-0.3, -0.25) is 4.90 Å². The lowest BCUT2D eigenvalue weighted by molar-refractivity contribution is 0.235. The van der Waals surface area contributed by atoms with Crippen molar-refractivity contribution in [1.82, 2.24) is 20.7 Å². The van der Waals surface area contributed by atoms with E-state index in [1.807, 2.05) is 25.1 Å². The van der Waals surface area contributed by atoms with Gasteiger partial charge in [0.15, 0.2) is 5.58 Å². The van der Waals surface area contributed by atoms with Crippen LogP contribution < -0.4 is 15.5 Å². The van der Waals surface area contributed by atoms with Crippen LogP contribution in [-0.2, 0) is 6.54 Å². The highest BCUT2D eigenvalue weighted by atomic mass is 16.5. The van der Waals surface area contributed by atoms with Gasteiger partial charge in [-0.15, -0.1) is 0 Å². The van der Waals surface area contributed by atoms with Crippen molar-refractivity contribution in [3.05, 3.63) is 59.8 Å². The molecule has 0 radical (unpaired) electrons. The van der Waals surface area contributed by atoms with Crippen LogP contribution in [-0.4, -0.2) is 55.4 Å². The lowest BCUT2D eigenvalue weighted by atomic mass is 10.1. The number of para-hydroxylation sites is 1. The number of carbonyl (C=O) groups excluding carboxylic acids is 1. The van der Waals surface area contributed by atoms with Crippen molar-refractivity contribution in [2.75, 3.05) is 44.2 Å². The molecule has 0 spiro atoms. The maximum Gasteiger partial charge on any atom is 0.315 e. The smallest absolute Gasteiger partial charge is 0.315 e. The molecular formula is C23H29N5O2. The number of benzene rings is 2. The molecule has 0 saturated carbocycles. The molecule has 0 unspecified atom stereocenters. The minimum Gasteiger partial charge on any atom is -0.369 e. The van der Waals surface area contributed by atoms with Gasteiger partial charge in [0.2, 0.25) is 0 Å². The second-order valence-corrected chi connectivity index (χ2v) is 7.76. The summed E-state index contributed by atoms with van der Waals surface area (Å²) in [5, 5.41) is 10.8. The van der Waals surface area contributed by atoms with Crippen LogP contribution in [0.1, 0.15) is 17.7 Å². The number of nitrogens with zero attached hydrogens (tertiary/aromatic N) is 3. The summed E-state index contributed by atoms with van der Waals surface area (Å²) in [6.45, 7) is 8.23. The molecular weight excluding hydrogens is 378 g/mol. The Labute approximate surface area is 177 Å². The van der Waals surface area contributed by atoms with Crippen LogP contribution in [0.25, 0.3) is 11.0 Å². The molecule has 1 fully saturated rings. The Morgan fingerprint density at radius 2 is 1.87 bits per heavy atom. The van der Waals surface area contributed by atoms with Gasteiger partial charge in [-0.25, -0.2) is 4.79 Å². The number of nitrogens with one attached hydrogen (secondary N) is 2. The summed E-state index contributed by atoms with van der Waals surface area (Å²) in [4.78, 5) is 17.0. The largest absolute Gasteiger partial charge is 0.369 e. The molecule has 2 aromatic carbocycles. The second kappa shape index (κ2) is 9.63. The number of fused-ring (bicyclic) bond motifs is 1. The molecule has 1 saturated heterocycles. The number of aromatic nitrogens is 1. The quantitative estimate of drug-likeness (QED) is 0.589. The lowest BCUT2D eigenvalue weighted by Crippen LogP contribution is -2.47. The average molecular weight is 408 g/mol. The summed E-state index contributed by atoms with van der Waals surface area (Å²) in [6, 6.07) is 16.3. The fraction of sp³-hybridized carbons (Fsp3) is 0.391. The molecule has 0 aliphatic carbocycles. The molecule has 158 valence electrons. The fourth-order valence-corrected chi connectivity index (χ4v) is 3.83. The van der Waals surface area contributed by atoms with Gasteiger partial charge in [-0.1, -0.05) is 35.0 Å². The number of urea groups is 1. The first-order valence-electron chi connectivity index (χ1n) is 10.6. The number of aryl methyl sites for hydroxylation is 1. The zero-order valence-electron chi connectivity index (χ0n) is 17.4. The maximum atomic E-state index is 12.1. The van der Waals surface area contributed by atoms with Crippen molar-refractivity contribution in [2.45, 2.75) is 19.9 Å². The topological polar surface area (TPSA) is 73.6 Å². The summed E-state index contributed by atoms with van der Waals surface area (Å²) in [5.74, 6) is 0. The molecule has 2 heterocycles. The first kappa shape index (κ1) is 20.2. The monoisotopic (exact) mass is 407 g/mol. The molecule has 0 bridgehead atoms. The molecule has 7 nitrogen and oxygen atoms in total. The minimum atomic E-state index is -0.173. The van der Waals surface area contributed by atoms with Crippen LogP contribution in [0.15, 0.2) is 53.1 Å². The number of rotatable bonds is 7. The SMILES string of the molecule is Cc1ccc2onc(CNC(=O)NCCCN3CCN(c4ccccc4)CC3)c2c1. The number of hydrogen-bond acceptors (Lipinski definition) is 5. The van der Waals surface area contributed by atoms with E-state index in [2.05, 4.69) is 55.9 Å². The summed E-state index contributed by atoms with van der Waals surface area (Å²) < 4.78 is 5.31. The molecule has 1 aromatic heterocycles. The number of piperazine rings is 1. The van der Waals surface area contributed by atoms with Gasteiger partial charge in [-0.2, -0.15) is 0 Å². The molecule has 2 amide bonds. The van der Waals surface area contributed by atoms with Gasteiger partial charge in [0.25, 0.3) is 0 Å². The fourth-order valence-electron chi connectivity index (χ4n) is 3.83. The summed E-state index contributed by atoms with van der Waals surface area (Å²) >= 11 is 0. The third-order valence-electron chi connectivity index (χ3n) is 5.55. The van der Waals surface area contributed by atoms with Crippen molar-refractivity contribution in [3.63, 3.8) is 0 Å². The number of carbonyl (C=O) groups is 1. The maximum absolute atomic E-state index is 12.1. The van der Waals surface area contributed by atoms with E-state index in [1.165, 1.54) is 5.69 Å². The van der Waals surface area contributed by atoms with Gasteiger partial charge in [0.05, 0.1) is 6.54 Å². The Balaban J connectivity index is 1.12. The summed E-state index contributed by atoms with van der Waals surface area (Å²) in [5.41, 5.74) is 3.93. The molecule has 2 N–H and O–H groups in total. The predicted molar refractivity (Wildman–Crippen MR) is 119 cm³/mol. The Morgan fingerprint density at radius 3 is 2.67 bits per heavy atom. The van der Waals surface area contributed by atoms with Crippen molar-refractivity contribution in [2.24, 2.45) is 0 Å². The first-order chi connectivity index (χ1) is 14.7. The van der Waals surface area contributed by atoms with Crippen molar-refractivity contribution >= 4 is 22.7 Å². The molecule has 7 heteroatoms. The van der Waals surface area contributed by atoms with Gasteiger partial charge in [0.1, 0.15) is 5.69 Å². The molecule has 3 aromatic rings. The summed E-state index contributed by atoms with van der Waals surface area (Å²) in [6.07, 6.45) is 0.935. The van der Waals surface area contributed by atoms with E-state index in [0.717, 1.165) is 61.4 Å². The highest BCUT2D eigenvalue weighted by Crippen LogP contribution is 2.19. The van der Waals surface area contributed by atoms with Gasteiger partial charge < -0.3 is 20.1 Å². The van der Waals surface area contributed by atoms with Crippen molar-refractivity contribution in [1.29, 1.82) is 0 Å². The van der Waals surface area contributed by atoms with E-state index in [9.17, 15) is 4.79 Å². The highest BCUT2D eigenvalue weighted by Gasteiger charge is 2.16. The van der Waals surface area contributed by atoms with Gasteiger partial charge >= 0.3 is 6.03 Å². The van der Waals surface area contributed by atoms with E-state index in [4.69, 9.17) is 4.52 Å². The Morgan fingerprint density at radius 1 is 1.07 bits per heavy atom. The molecule has 4 rings (SSSR count). The van der Waals surface area contributed by atoms with Crippen LogP contribution in [0.3, 0.4) is 0 Å². The van der Waals surface area contributed by atoms with E-state index in [1.54, 1.807) is 0 Å². The van der Waals surface area contributed by atoms with Crippen molar-refractivity contribution in [3.8, 4) is 0 Å². The summed E-state index contributed by atoms with van der Waals surface area (Å²) in [7, 11) is 0. The second-order valence-electron chi connectivity index (χ2n) is 7.76. The van der Waals surface area contributed by atoms with Crippen LogP contribution in [0, 0.1) is 6.92 Å². The standard InChI is InChI=1S/C23H29N5O2/c1-18-8-9-22-20(16-18)21(26-30-22)17-25-23(29)24-10-5-11-27-12-14-28(15-13-27)19-6-3-2-4-7-19/h2-4,6-9,16H,5,10-15,17H2,1H3,(H2,24,25,29). The van der Waals surface area contributed by atoms with Crippen LogP contribution in [0.2, 0.25) is 0 Å². The van der Waals surface area contributed by atoms with E-state index in [0.29, 0.717) is 13.1 Å². The van der Waals surface area contributed by atoms with Crippen LogP contribution >= 0.6 is 0 Å². The lowest BCUT2D eigenvalue weighted by Gasteiger charge is -2.36. The van der Waals surface area contributed by atoms with E-state index >= 15 is 0 Å². The first-order valence-corrected chi connectivity index (χ1v) is 10.6. The number of hydrogen-bond donors (Lipinski definition) is 2. The molecule has 30 heavy (non-hydrogen) atoms. The molecule has 1 aliphatic rings. The van der Waals surface area contributed by atoms with Gasteiger partial charge in [0, 0.05) is 43.8 Å². The minimum absolute atomic E-state index is 0.173. The van der Waals surface area contributed by atoms with E-state index < -0.39 is 0 Å². The number of anilines is 1. The van der Waals surface area contributed by atoms with E-state index in [-0.39, 0.29) is 6.03 Å². The van der Waals surface area contributed by atoms with Crippen molar-refractivity contribution < 1.29 is 9.32 Å². The van der Waals surface area contributed by atoms with Crippen LogP contribution in [0.4, 0.5) is 10.5 Å². The Hall–Kier alpha value is -3.06. The third-order valence-corrected chi connectivity index (χ3v) is 5.55. The predicted octanol–water partition coefficient (Wildman–Crippen LogP) is 3.15. The number of amides is 2. The molecule has 1 aliphatic heterocycles. The zero-order chi connectivity index (χ0) is 20.8. The normalized spacial score (nSPS) is 14.8. The highest BCUT2D eigenvalue weighted by molar-refractivity contribution is 5.81. The third kappa shape index (κ3) is 5.10. The van der Waals surface area contributed by atoms with Crippen LogP contribution in [0.5, 0.6) is 0 Å². The Kier molecular flexibility index (Phi) is 6.49. The van der Waals surface area contributed by atoms with Gasteiger partial charge in [-0.05, 0) is 44.2 Å². The average Bonchev–Trinajstić information content (AvgIpc) is 3.18. The molecule has 0 atom stereocenters. The zero-order valence-corrected chi connectivity index (χ0v) is 17.4. The Bertz CT molecular complexity index is 964.